The fourth-order valence-corrected chi connectivity index (χ4v) is 4.02. The maximum Gasteiger partial charge on any atom is 0.328 e. The Bertz CT molecular complexity index is 1280. The molecule has 3 rings (SSSR count). The smallest absolute Gasteiger partial charge is 0.328 e. The Labute approximate surface area is 213 Å². The van der Waals surface area contributed by atoms with Gasteiger partial charge in [0.1, 0.15) is 23.8 Å². The number of nitrogens with zero attached hydrogens (tertiary/aromatic N) is 1. The van der Waals surface area contributed by atoms with E-state index in [1.54, 1.807) is 45.0 Å². The molecule has 0 unspecified atom stereocenters. The van der Waals surface area contributed by atoms with Crippen LogP contribution in [0.5, 0.6) is 11.5 Å². The van der Waals surface area contributed by atoms with Crippen molar-refractivity contribution in [2.45, 2.75) is 45.8 Å². The van der Waals surface area contributed by atoms with Crippen molar-refractivity contribution in [3.05, 3.63) is 93.5 Å². The van der Waals surface area contributed by atoms with Crippen molar-refractivity contribution in [3.63, 3.8) is 0 Å². The van der Waals surface area contributed by atoms with Crippen molar-refractivity contribution >= 4 is 11.9 Å². The summed E-state index contributed by atoms with van der Waals surface area (Å²) in [5, 5.41) is 24.6. The minimum atomic E-state index is -1.20. The highest BCUT2D eigenvalue weighted by Crippen LogP contribution is 2.32. The molecule has 2 aromatic carbocycles. The molecule has 0 aliphatic rings. The molecule has 0 saturated carbocycles. The molecule has 3 aromatic rings. The summed E-state index contributed by atoms with van der Waals surface area (Å²) in [5.74, 6) is -3.95. The largest absolute Gasteiger partial charge is 0.618 e. The van der Waals surface area contributed by atoms with Crippen molar-refractivity contribution in [2.75, 3.05) is 7.11 Å². The predicted molar refractivity (Wildman–Crippen MR) is 130 cm³/mol. The molecule has 8 nitrogen and oxygen atoms in total. The van der Waals surface area contributed by atoms with Gasteiger partial charge in [-0.25, -0.2) is 13.6 Å². The normalized spacial score (nSPS) is 12.6. The van der Waals surface area contributed by atoms with Crippen molar-refractivity contribution in [2.24, 2.45) is 0 Å². The van der Waals surface area contributed by atoms with Gasteiger partial charge in [-0.05, 0) is 62.1 Å². The molecule has 0 spiro atoms. The topological polar surface area (TPSA) is 112 Å². The Balaban J connectivity index is 1.84. The van der Waals surface area contributed by atoms with E-state index in [-0.39, 0.29) is 10.5 Å². The Morgan fingerprint density at radius 2 is 1.54 bits per heavy atom. The van der Waals surface area contributed by atoms with Crippen LogP contribution in [0.3, 0.4) is 0 Å². The van der Waals surface area contributed by atoms with E-state index < -0.39 is 53.0 Å². The van der Waals surface area contributed by atoms with Crippen LogP contribution in [0.25, 0.3) is 0 Å². The number of benzene rings is 2. The summed E-state index contributed by atoms with van der Waals surface area (Å²) in [5.41, 5.74) is 1.44. The van der Waals surface area contributed by atoms with Gasteiger partial charge < -0.3 is 25.1 Å². The lowest BCUT2D eigenvalue weighted by atomic mass is 9.85. The number of amides is 1. The highest BCUT2D eigenvalue weighted by molar-refractivity contribution is 5.96. The van der Waals surface area contributed by atoms with Crippen LogP contribution < -0.4 is 14.8 Å². The first kappa shape index (κ1) is 27.4. The number of esters is 1. The van der Waals surface area contributed by atoms with Crippen LogP contribution in [-0.2, 0) is 9.53 Å². The number of hydrogen-bond donors (Lipinski definition) is 2. The Morgan fingerprint density at radius 3 is 2.03 bits per heavy atom. The molecule has 0 radical (unpaired) electrons. The number of nitrogens with one attached hydrogen (secondary N) is 1. The quantitative estimate of drug-likeness (QED) is 0.269. The molecule has 1 amide bonds. The van der Waals surface area contributed by atoms with Crippen LogP contribution in [0.1, 0.15) is 52.5 Å². The van der Waals surface area contributed by atoms with Crippen LogP contribution in [0.15, 0.2) is 48.7 Å². The van der Waals surface area contributed by atoms with Crippen molar-refractivity contribution in [1.29, 1.82) is 0 Å². The number of carbonyl (C=O) groups excluding carboxylic acids is 2. The number of carbonyl (C=O) groups is 2. The van der Waals surface area contributed by atoms with E-state index in [0.717, 1.165) is 6.20 Å². The predicted octanol–water partition coefficient (Wildman–Crippen LogP) is 3.81. The molecule has 10 heteroatoms. The van der Waals surface area contributed by atoms with E-state index in [1.807, 2.05) is 0 Å². The summed E-state index contributed by atoms with van der Waals surface area (Å²) in [6, 6.07) is 9.01. The number of pyridine rings is 1. The van der Waals surface area contributed by atoms with Crippen molar-refractivity contribution < 1.29 is 37.7 Å². The third kappa shape index (κ3) is 5.96. The molecule has 37 heavy (non-hydrogen) atoms. The van der Waals surface area contributed by atoms with Crippen LogP contribution in [-0.4, -0.2) is 36.2 Å². The molecule has 1 heterocycles. The summed E-state index contributed by atoms with van der Waals surface area (Å²) >= 11 is 0. The molecule has 0 aliphatic carbocycles. The average Bonchev–Trinajstić information content (AvgIpc) is 2.83. The number of methoxy groups -OCH3 is 1. The summed E-state index contributed by atoms with van der Waals surface area (Å²) in [7, 11) is 1.26. The van der Waals surface area contributed by atoms with Crippen LogP contribution in [0.2, 0.25) is 0 Å². The zero-order chi connectivity index (χ0) is 27.4. The fraction of sp³-hybridized carbons (Fsp3) is 0.296. The van der Waals surface area contributed by atoms with E-state index >= 15 is 0 Å². The second kappa shape index (κ2) is 11.2. The first-order valence-corrected chi connectivity index (χ1v) is 11.5. The third-order valence-corrected chi connectivity index (χ3v) is 6.03. The van der Waals surface area contributed by atoms with E-state index in [0.29, 0.717) is 22.3 Å². The SMILES string of the molecule is COc1cc[n+]([O-])c(C(=O)N[C@@H](C)C(=O)O[C@@H](C)C(c2ccc(F)c(C)c2)c2ccc(F)c(C)c2)c1O. The molecule has 196 valence electrons. The molecule has 0 aliphatic heterocycles. The monoisotopic (exact) mass is 514 g/mol. The molecule has 0 fully saturated rings. The lowest BCUT2D eigenvalue weighted by Crippen LogP contribution is -2.46. The minimum Gasteiger partial charge on any atom is -0.618 e. The lowest BCUT2D eigenvalue weighted by molar-refractivity contribution is -0.608. The molecule has 0 saturated heterocycles. The van der Waals surface area contributed by atoms with Gasteiger partial charge in [0.05, 0.1) is 7.11 Å². The van der Waals surface area contributed by atoms with Crippen molar-refractivity contribution in [1.82, 2.24) is 5.32 Å². The summed E-state index contributed by atoms with van der Waals surface area (Å²) < 4.78 is 38.6. The number of rotatable bonds is 8. The van der Waals surface area contributed by atoms with Gasteiger partial charge in [-0.2, -0.15) is 4.73 Å². The van der Waals surface area contributed by atoms with E-state index in [2.05, 4.69) is 5.32 Å². The highest BCUT2D eigenvalue weighted by atomic mass is 19.1. The van der Waals surface area contributed by atoms with Crippen LogP contribution >= 0.6 is 0 Å². The molecular weight excluding hydrogens is 486 g/mol. The van der Waals surface area contributed by atoms with Gasteiger partial charge in [0, 0.05) is 12.0 Å². The summed E-state index contributed by atoms with van der Waals surface area (Å²) in [6.07, 6.45) is 0.176. The van der Waals surface area contributed by atoms with Gasteiger partial charge in [-0.3, -0.25) is 4.79 Å². The van der Waals surface area contributed by atoms with E-state index in [4.69, 9.17) is 9.47 Å². The van der Waals surface area contributed by atoms with Gasteiger partial charge in [0.25, 0.3) is 0 Å². The Morgan fingerprint density at radius 1 is 1.00 bits per heavy atom. The number of hydrogen-bond acceptors (Lipinski definition) is 6. The first-order valence-electron chi connectivity index (χ1n) is 11.5. The first-order chi connectivity index (χ1) is 17.4. The van der Waals surface area contributed by atoms with E-state index in [1.165, 1.54) is 32.2 Å². The van der Waals surface area contributed by atoms with Gasteiger partial charge in [-0.15, -0.1) is 0 Å². The highest BCUT2D eigenvalue weighted by Gasteiger charge is 2.31. The Kier molecular flexibility index (Phi) is 8.31. The number of aromatic nitrogens is 1. The maximum absolute atomic E-state index is 13.9. The molecule has 2 atom stereocenters. The van der Waals surface area contributed by atoms with Gasteiger partial charge >= 0.3 is 17.6 Å². The average molecular weight is 515 g/mol. The lowest BCUT2D eigenvalue weighted by Gasteiger charge is -2.27. The molecule has 1 aromatic heterocycles. The molecule has 0 bridgehead atoms. The van der Waals surface area contributed by atoms with Gasteiger partial charge in [-0.1, -0.05) is 24.3 Å². The second-order valence-corrected chi connectivity index (χ2v) is 8.74. The summed E-state index contributed by atoms with van der Waals surface area (Å²) in [6.45, 7) is 6.21. The van der Waals surface area contributed by atoms with Crippen LogP contribution in [0, 0.1) is 30.7 Å². The fourth-order valence-electron chi connectivity index (χ4n) is 4.02. The Hall–Kier alpha value is -4.21. The number of ether oxygens (including phenoxy) is 2. The standard InChI is InChI=1S/C27H28F2N2O6/c1-14-12-18(6-8-20(14)28)23(19-7-9-21(29)15(2)13-19)17(4)37-27(34)16(3)30-26(33)24-25(32)22(36-5)10-11-31(24)35/h6-13,16-17,23,32H,1-5H3,(H,30,33)/t16-,17-/m0/s1. The second-order valence-electron chi connectivity index (χ2n) is 8.74. The summed E-state index contributed by atoms with van der Waals surface area (Å²) in [4.78, 5) is 25.5. The third-order valence-electron chi connectivity index (χ3n) is 6.03. The number of halogens is 2. The zero-order valence-corrected chi connectivity index (χ0v) is 21.0. The number of aryl methyl sites for hydroxylation is 2. The van der Waals surface area contributed by atoms with Crippen LogP contribution in [0.4, 0.5) is 8.78 Å². The molecular formula is C27H28F2N2O6. The molecule has 2 N–H and O–H groups in total. The van der Waals surface area contributed by atoms with Gasteiger partial charge in [0.2, 0.25) is 5.75 Å². The van der Waals surface area contributed by atoms with E-state index in [9.17, 15) is 28.7 Å². The van der Waals surface area contributed by atoms with Crippen molar-refractivity contribution in [3.8, 4) is 11.5 Å². The minimum absolute atomic E-state index is 0.0897. The van der Waals surface area contributed by atoms with Gasteiger partial charge in [0.15, 0.2) is 11.9 Å². The number of aromatic hydroxyl groups is 1. The maximum atomic E-state index is 13.9. The zero-order valence-electron chi connectivity index (χ0n) is 21.0.